The van der Waals surface area contributed by atoms with Gasteiger partial charge in [-0.1, -0.05) is 0 Å². The molecule has 0 fully saturated rings. The summed E-state index contributed by atoms with van der Waals surface area (Å²) in [5.41, 5.74) is 10.8. The van der Waals surface area contributed by atoms with Crippen molar-refractivity contribution in [3.8, 4) is 11.4 Å². The molecule has 3 aromatic rings. The zero-order chi connectivity index (χ0) is 22.9. The Kier molecular flexibility index (Phi) is 6.21. The van der Waals surface area contributed by atoms with Crippen LogP contribution < -0.4 is 21.8 Å². The first-order valence-electron chi connectivity index (χ1n) is 8.82. The molecule has 0 bridgehead atoms. The van der Waals surface area contributed by atoms with Gasteiger partial charge in [0.15, 0.2) is 0 Å². The summed E-state index contributed by atoms with van der Waals surface area (Å²) < 4.78 is 33.7. The summed E-state index contributed by atoms with van der Waals surface area (Å²) in [4.78, 5) is 36.2. The highest BCUT2D eigenvalue weighted by atomic mass is 79.9. The molecule has 4 N–H and O–H groups in total. The highest BCUT2D eigenvalue weighted by molar-refractivity contribution is 9.10. The Labute approximate surface area is 183 Å². The van der Waals surface area contributed by atoms with Crippen LogP contribution in [0, 0.1) is 18.6 Å². The third-order valence-corrected chi connectivity index (χ3v) is 5.17. The maximum atomic E-state index is 13.8. The van der Waals surface area contributed by atoms with Gasteiger partial charge in [0.1, 0.15) is 28.5 Å². The highest BCUT2D eigenvalue weighted by Gasteiger charge is 2.17. The fourth-order valence-corrected chi connectivity index (χ4v) is 3.33. The predicted octanol–water partition coefficient (Wildman–Crippen LogP) is 2.96. The molecule has 1 aromatic heterocycles. The van der Waals surface area contributed by atoms with Gasteiger partial charge in [-0.3, -0.25) is 19.0 Å². The summed E-state index contributed by atoms with van der Waals surface area (Å²) in [6.45, 7) is 1.36. The maximum Gasteiger partial charge on any atom is 0.273 e. The van der Waals surface area contributed by atoms with Crippen LogP contribution in [-0.4, -0.2) is 16.4 Å². The van der Waals surface area contributed by atoms with Crippen LogP contribution in [0.25, 0.3) is 5.69 Å². The van der Waals surface area contributed by atoms with Crippen molar-refractivity contribution >= 4 is 27.7 Å². The number of pyridine rings is 1. The van der Waals surface area contributed by atoms with E-state index in [4.69, 9.17) is 16.2 Å². The number of primary amides is 2. The third kappa shape index (κ3) is 4.64. The van der Waals surface area contributed by atoms with Crippen molar-refractivity contribution in [3.63, 3.8) is 0 Å². The first-order valence-corrected chi connectivity index (χ1v) is 9.61. The summed E-state index contributed by atoms with van der Waals surface area (Å²) in [6.07, 6.45) is 0. The van der Waals surface area contributed by atoms with E-state index >= 15 is 0 Å². The third-order valence-electron chi connectivity index (χ3n) is 4.44. The SMILES string of the molecule is Cc1cc(OCc2ccc(F)cc2F)c(Br)c(=O)n1-c1cc(C(N)=O)cc(C(N)=O)c1. The summed E-state index contributed by atoms with van der Waals surface area (Å²) in [7, 11) is 0. The number of ether oxygens (including phenoxy) is 1. The molecule has 3 rings (SSSR count). The standard InChI is InChI=1S/C21H16BrF2N3O4/c1-10-4-17(31-9-11-2-3-14(23)8-16(11)24)18(22)21(30)27(10)15-6-12(19(25)28)5-13(7-15)20(26)29/h2-8H,9H2,1H3,(H2,25,28)(H2,26,29). The molecule has 0 saturated heterocycles. The fraction of sp³-hybridized carbons (Fsp3) is 0.0952. The van der Waals surface area contributed by atoms with Gasteiger partial charge in [-0.2, -0.15) is 0 Å². The first kappa shape index (κ1) is 22.2. The van der Waals surface area contributed by atoms with Gasteiger partial charge in [0.25, 0.3) is 5.56 Å². The van der Waals surface area contributed by atoms with Gasteiger partial charge < -0.3 is 16.2 Å². The largest absolute Gasteiger partial charge is 0.487 e. The lowest BCUT2D eigenvalue weighted by atomic mass is 10.1. The molecule has 2 aromatic carbocycles. The minimum Gasteiger partial charge on any atom is -0.487 e. The van der Waals surface area contributed by atoms with Crippen LogP contribution in [0.3, 0.4) is 0 Å². The molecular formula is C21H16BrF2N3O4. The minimum absolute atomic E-state index is 0.000772. The molecule has 10 heteroatoms. The number of carbonyl (C=O) groups excluding carboxylic acids is 2. The second-order valence-corrected chi connectivity index (χ2v) is 7.42. The van der Waals surface area contributed by atoms with Gasteiger partial charge in [0.2, 0.25) is 11.8 Å². The molecule has 7 nitrogen and oxygen atoms in total. The van der Waals surface area contributed by atoms with E-state index in [2.05, 4.69) is 15.9 Å². The van der Waals surface area contributed by atoms with Gasteiger partial charge in [-0.05, 0) is 53.2 Å². The lowest BCUT2D eigenvalue weighted by Gasteiger charge is -2.16. The number of nitrogens with two attached hydrogens (primary N) is 2. The Morgan fingerprint density at radius 1 is 1.03 bits per heavy atom. The number of benzene rings is 2. The Bertz CT molecular complexity index is 1240. The van der Waals surface area contributed by atoms with Crippen LogP contribution in [0.15, 0.2) is 51.7 Å². The number of hydrogen-bond donors (Lipinski definition) is 2. The summed E-state index contributed by atoms with van der Waals surface area (Å²) in [6, 6.07) is 8.52. The number of aromatic nitrogens is 1. The molecule has 160 valence electrons. The first-order chi connectivity index (χ1) is 14.6. The van der Waals surface area contributed by atoms with Gasteiger partial charge in [-0.15, -0.1) is 0 Å². The molecular weight excluding hydrogens is 476 g/mol. The van der Waals surface area contributed by atoms with Gasteiger partial charge >= 0.3 is 0 Å². The monoisotopic (exact) mass is 491 g/mol. The average Bonchev–Trinajstić information content (AvgIpc) is 2.70. The van der Waals surface area contributed by atoms with Crippen molar-refractivity contribution < 1.29 is 23.1 Å². The second-order valence-electron chi connectivity index (χ2n) is 6.63. The van der Waals surface area contributed by atoms with Crippen molar-refractivity contribution in [2.75, 3.05) is 0 Å². The van der Waals surface area contributed by atoms with Crippen LogP contribution in [0.2, 0.25) is 0 Å². The van der Waals surface area contributed by atoms with E-state index < -0.39 is 29.0 Å². The van der Waals surface area contributed by atoms with Gasteiger partial charge in [-0.25, -0.2) is 8.78 Å². The van der Waals surface area contributed by atoms with E-state index in [9.17, 15) is 23.2 Å². The summed E-state index contributed by atoms with van der Waals surface area (Å²) in [5, 5.41) is 0. The Hall–Kier alpha value is -3.53. The van der Waals surface area contributed by atoms with Crippen molar-refractivity contribution in [2.45, 2.75) is 13.5 Å². The molecule has 31 heavy (non-hydrogen) atoms. The van der Waals surface area contributed by atoms with E-state index in [1.165, 1.54) is 34.9 Å². The second kappa shape index (κ2) is 8.68. The number of carbonyl (C=O) groups is 2. The zero-order valence-electron chi connectivity index (χ0n) is 16.1. The topological polar surface area (TPSA) is 117 Å². The number of aryl methyl sites for hydroxylation is 1. The number of halogens is 3. The van der Waals surface area contributed by atoms with Crippen molar-refractivity contribution in [3.05, 3.63) is 91.3 Å². The predicted molar refractivity (Wildman–Crippen MR) is 112 cm³/mol. The summed E-state index contributed by atoms with van der Waals surface area (Å²) in [5.74, 6) is -2.95. The number of nitrogens with zero attached hydrogens (tertiary/aromatic N) is 1. The number of amides is 2. The van der Waals surface area contributed by atoms with Crippen LogP contribution in [0.1, 0.15) is 32.0 Å². The Morgan fingerprint density at radius 3 is 2.19 bits per heavy atom. The zero-order valence-corrected chi connectivity index (χ0v) is 17.7. The Balaban J connectivity index is 2.03. The molecule has 0 saturated carbocycles. The number of hydrogen-bond acceptors (Lipinski definition) is 4. The molecule has 2 amide bonds. The molecule has 0 aliphatic carbocycles. The van der Waals surface area contributed by atoms with E-state index in [1.54, 1.807) is 6.92 Å². The van der Waals surface area contributed by atoms with E-state index in [1.807, 2.05) is 0 Å². The number of rotatable bonds is 6. The van der Waals surface area contributed by atoms with Gasteiger partial charge in [0.05, 0.1) is 5.69 Å². The smallest absolute Gasteiger partial charge is 0.273 e. The molecule has 0 unspecified atom stereocenters. The van der Waals surface area contributed by atoms with Gasteiger partial charge in [0, 0.05) is 34.5 Å². The minimum atomic E-state index is -0.796. The lowest BCUT2D eigenvalue weighted by Crippen LogP contribution is -2.24. The maximum absolute atomic E-state index is 13.8. The molecule has 0 radical (unpaired) electrons. The van der Waals surface area contributed by atoms with Crippen LogP contribution in [-0.2, 0) is 6.61 Å². The van der Waals surface area contributed by atoms with Crippen LogP contribution in [0.4, 0.5) is 8.78 Å². The highest BCUT2D eigenvalue weighted by Crippen LogP contribution is 2.26. The van der Waals surface area contributed by atoms with Crippen molar-refractivity contribution in [1.82, 2.24) is 4.57 Å². The molecule has 0 aliphatic rings. The average molecular weight is 492 g/mol. The Morgan fingerprint density at radius 2 is 1.65 bits per heavy atom. The van der Waals surface area contributed by atoms with Crippen molar-refractivity contribution in [1.29, 1.82) is 0 Å². The normalized spacial score (nSPS) is 10.7. The summed E-state index contributed by atoms with van der Waals surface area (Å²) >= 11 is 3.17. The fourth-order valence-electron chi connectivity index (χ4n) is 2.93. The van der Waals surface area contributed by atoms with Crippen LogP contribution in [0.5, 0.6) is 5.75 Å². The molecule has 0 spiro atoms. The molecule has 1 heterocycles. The van der Waals surface area contributed by atoms with Crippen LogP contribution >= 0.6 is 15.9 Å². The molecule has 0 aliphatic heterocycles. The molecule has 0 atom stereocenters. The van der Waals surface area contributed by atoms with E-state index in [-0.39, 0.29) is 39.2 Å². The van der Waals surface area contributed by atoms with E-state index in [0.717, 1.165) is 12.1 Å². The van der Waals surface area contributed by atoms with E-state index in [0.29, 0.717) is 5.69 Å². The van der Waals surface area contributed by atoms with Crippen molar-refractivity contribution in [2.24, 2.45) is 11.5 Å². The lowest BCUT2D eigenvalue weighted by molar-refractivity contribution is 0.0999. The quantitative estimate of drug-likeness (QED) is 0.550.